The number of primary amides is 1. The van der Waals surface area contributed by atoms with Gasteiger partial charge in [0.05, 0.1) is 43.9 Å². The van der Waals surface area contributed by atoms with Crippen LogP contribution in [0.25, 0.3) is 0 Å². The second-order valence-electron chi connectivity index (χ2n) is 15.6. The van der Waals surface area contributed by atoms with Gasteiger partial charge in [0.2, 0.25) is 6.41 Å². The Hall–Kier alpha value is -5.06. The summed E-state index contributed by atoms with van der Waals surface area (Å²) in [6.07, 6.45) is 4.45. The summed E-state index contributed by atoms with van der Waals surface area (Å²) in [5.41, 5.74) is 5.24. The summed E-state index contributed by atoms with van der Waals surface area (Å²) in [4.78, 5) is 82.0. The molecule has 0 aromatic carbocycles. The summed E-state index contributed by atoms with van der Waals surface area (Å²) in [5.74, 6) is -2.18. The van der Waals surface area contributed by atoms with Crippen LogP contribution < -0.4 is 5.73 Å². The summed E-state index contributed by atoms with van der Waals surface area (Å²) in [6.45, 7) is 29.0. The van der Waals surface area contributed by atoms with Crippen LogP contribution in [-0.4, -0.2) is 91.3 Å². The molecule has 17 nitrogen and oxygen atoms in total. The van der Waals surface area contributed by atoms with Crippen molar-refractivity contribution in [1.82, 2.24) is 24.9 Å². The van der Waals surface area contributed by atoms with Gasteiger partial charge in [-0.1, -0.05) is 83.1 Å². The number of carbonyl (C=O) groups excluding carboxylic acids is 5. The third kappa shape index (κ3) is 18.5. The molecule has 0 fully saturated rings. The van der Waals surface area contributed by atoms with Crippen molar-refractivity contribution in [3.63, 3.8) is 0 Å². The van der Waals surface area contributed by atoms with Gasteiger partial charge in [-0.15, -0.1) is 11.6 Å². The van der Waals surface area contributed by atoms with Crippen molar-refractivity contribution < 1.29 is 52.5 Å². The predicted molar refractivity (Wildman–Crippen MR) is 210 cm³/mol. The Labute approximate surface area is 334 Å². The zero-order valence-corrected chi connectivity index (χ0v) is 36.1. The highest BCUT2D eigenvalue weighted by Gasteiger charge is 2.34. The van der Waals surface area contributed by atoms with Crippen LogP contribution in [-0.2, 0) is 44.8 Å². The first kappa shape index (κ1) is 53.0. The maximum atomic E-state index is 11.5. The van der Waals surface area contributed by atoms with Crippen LogP contribution in [0, 0.1) is 5.41 Å². The Morgan fingerprint density at radius 3 is 1.46 bits per heavy atom. The smallest absolute Gasteiger partial charge is 0.360 e. The number of rotatable bonds is 8. The minimum atomic E-state index is -1.18. The van der Waals surface area contributed by atoms with Crippen molar-refractivity contribution in [2.24, 2.45) is 11.1 Å². The van der Waals surface area contributed by atoms with E-state index in [1.165, 1.54) is 19.0 Å². The molecule has 0 bridgehead atoms. The van der Waals surface area contributed by atoms with E-state index in [4.69, 9.17) is 35.4 Å². The standard InChI is InChI=1S/C10H16N2O2.C10H15NO3.C9H15ClO3.C8H12N2O2.CH3NO/c1-5-14-9(13)7-8(10(2,3)4)12-6-11-7;1-5-13-9(12)7-8(10(2,3)4)14-6-11-7;1-5-13-8(12)6(10)7(11)9(2,3)4;1-8(2,3)6-5(7(11)12)9-4-10-6;2-1-3/h6H,5H2,1-4H3,(H,11,12);6H,5H2,1-4H3;6H,5H2,1-4H3;4H,1-3H3,(H,9,10)(H,11,12);1H,(H2,2,3). The zero-order chi connectivity index (χ0) is 44.2. The number of ether oxygens (including phenoxy) is 3. The van der Waals surface area contributed by atoms with Crippen molar-refractivity contribution in [3.05, 3.63) is 53.3 Å². The molecule has 0 aliphatic carbocycles. The van der Waals surface area contributed by atoms with E-state index in [9.17, 15) is 24.0 Å². The number of oxazole rings is 1. The number of nitrogens with two attached hydrogens (primary N) is 1. The van der Waals surface area contributed by atoms with Crippen LogP contribution in [0.1, 0.15) is 152 Å². The van der Waals surface area contributed by atoms with Gasteiger partial charge in [0, 0.05) is 21.7 Å². The maximum absolute atomic E-state index is 11.5. The van der Waals surface area contributed by atoms with Gasteiger partial charge in [-0.3, -0.25) is 9.59 Å². The number of esters is 3. The zero-order valence-electron chi connectivity index (χ0n) is 35.3. The highest BCUT2D eigenvalue weighted by molar-refractivity contribution is 6.41. The molecular formula is C38H61ClN6O11. The number of H-pyrrole nitrogens is 2. The highest BCUT2D eigenvalue weighted by atomic mass is 35.5. The number of amides is 1. The average molecular weight is 813 g/mol. The van der Waals surface area contributed by atoms with Crippen molar-refractivity contribution >= 4 is 47.7 Å². The summed E-state index contributed by atoms with van der Waals surface area (Å²) < 4.78 is 19.6. The molecular weight excluding hydrogens is 752 g/mol. The van der Waals surface area contributed by atoms with Crippen LogP contribution in [0.4, 0.5) is 0 Å². The molecule has 0 aliphatic rings. The van der Waals surface area contributed by atoms with E-state index in [1.807, 2.05) is 62.3 Å². The second-order valence-corrected chi connectivity index (χ2v) is 16.1. The van der Waals surface area contributed by atoms with E-state index < -0.39 is 28.7 Å². The third-order valence-electron chi connectivity index (χ3n) is 6.63. The van der Waals surface area contributed by atoms with Crippen LogP contribution in [0.3, 0.4) is 0 Å². The molecule has 5 N–H and O–H groups in total. The predicted octanol–water partition coefficient (Wildman–Crippen LogP) is 6.31. The maximum Gasteiger partial charge on any atom is 0.360 e. The third-order valence-corrected chi connectivity index (χ3v) is 7.01. The van der Waals surface area contributed by atoms with E-state index in [1.54, 1.807) is 41.5 Å². The number of carbonyl (C=O) groups is 6. The molecule has 3 aromatic rings. The lowest BCUT2D eigenvalue weighted by molar-refractivity contribution is -0.146. The van der Waals surface area contributed by atoms with Crippen LogP contribution >= 0.6 is 11.6 Å². The van der Waals surface area contributed by atoms with Gasteiger partial charge in [0.25, 0.3) is 0 Å². The van der Waals surface area contributed by atoms with Gasteiger partial charge in [-0.25, -0.2) is 34.1 Å². The molecule has 316 valence electrons. The molecule has 0 radical (unpaired) electrons. The Balaban J connectivity index is 0. The average Bonchev–Trinajstić information content (AvgIpc) is 3.86. The molecule has 0 saturated heterocycles. The van der Waals surface area contributed by atoms with Gasteiger partial charge in [0.1, 0.15) is 5.76 Å². The SMILES string of the molecule is CC(C)(C)c1[nH]cnc1C(=O)O.CCOC(=O)C(Cl)C(=O)C(C)(C)C.CCOC(=O)c1nc[nH]c1C(C)(C)C.CCOC(=O)c1ncoc1C(C)(C)C.NC=O. The lowest BCUT2D eigenvalue weighted by Crippen LogP contribution is -2.35. The number of Topliss-reactive ketones (excluding diaryl/α,β-unsaturated/α-hetero) is 1. The summed E-state index contributed by atoms with van der Waals surface area (Å²) in [5, 5.41) is 7.55. The number of carboxylic acid groups (broad SMARTS) is 1. The summed E-state index contributed by atoms with van der Waals surface area (Å²) in [7, 11) is 0. The number of aromatic nitrogens is 5. The lowest BCUT2D eigenvalue weighted by atomic mass is 9.89. The molecule has 18 heteroatoms. The second kappa shape index (κ2) is 23.8. The van der Waals surface area contributed by atoms with Gasteiger partial charge in [0.15, 0.2) is 34.6 Å². The van der Waals surface area contributed by atoms with Crippen molar-refractivity contribution in [1.29, 1.82) is 0 Å². The number of carboxylic acids is 1. The Morgan fingerprint density at radius 1 is 0.732 bits per heavy atom. The van der Waals surface area contributed by atoms with Gasteiger partial charge < -0.3 is 39.4 Å². The minimum absolute atomic E-state index is 0.113. The number of hydrogen-bond donors (Lipinski definition) is 4. The lowest BCUT2D eigenvalue weighted by Gasteiger charge is -2.19. The molecule has 3 rings (SSSR count). The number of aromatic carboxylic acids is 1. The fourth-order valence-electron chi connectivity index (χ4n) is 4.07. The quantitative estimate of drug-likeness (QED) is 0.0639. The van der Waals surface area contributed by atoms with Gasteiger partial charge in [-0.2, -0.15) is 0 Å². The van der Waals surface area contributed by atoms with Crippen molar-refractivity contribution in [2.75, 3.05) is 19.8 Å². The van der Waals surface area contributed by atoms with Crippen molar-refractivity contribution in [2.45, 2.75) is 125 Å². The van der Waals surface area contributed by atoms with Crippen LogP contribution in [0.15, 0.2) is 23.5 Å². The van der Waals surface area contributed by atoms with Crippen molar-refractivity contribution in [3.8, 4) is 0 Å². The largest absolute Gasteiger partial charge is 0.476 e. The fraction of sp³-hybridized carbons (Fsp3) is 0.605. The molecule has 56 heavy (non-hydrogen) atoms. The number of ketones is 1. The Bertz CT molecular complexity index is 1620. The fourth-order valence-corrected chi connectivity index (χ4v) is 4.46. The topological polar surface area (TPSA) is 260 Å². The van der Waals surface area contributed by atoms with E-state index in [0.717, 1.165) is 5.69 Å². The monoisotopic (exact) mass is 812 g/mol. The number of halogens is 1. The molecule has 0 spiro atoms. The molecule has 3 heterocycles. The first-order chi connectivity index (χ1) is 25.6. The number of aromatic amines is 2. The first-order valence-corrected chi connectivity index (χ1v) is 18.1. The number of imidazole rings is 2. The van der Waals surface area contributed by atoms with Gasteiger partial charge in [-0.05, 0) is 20.8 Å². The Kier molecular flexibility index (Phi) is 22.5. The molecule has 1 atom stereocenters. The van der Waals surface area contributed by atoms with Gasteiger partial charge >= 0.3 is 23.9 Å². The number of nitrogens with one attached hydrogen (secondary N) is 2. The van der Waals surface area contributed by atoms with E-state index in [2.05, 4.69) is 35.4 Å². The number of alkyl halides is 1. The minimum Gasteiger partial charge on any atom is -0.476 e. The number of nitrogens with zero attached hydrogens (tertiary/aromatic N) is 3. The molecule has 0 aliphatic heterocycles. The normalized spacial score (nSPS) is 11.6. The van der Waals surface area contributed by atoms with Crippen LogP contribution in [0.5, 0.6) is 0 Å². The molecule has 3 aromatic heterocycles. The van der Waals surface area contributed by atoms with E-state index >= 15 is 0 Å². The number of hydrogen-bond acceptors (Lipinski definition) is 13. The molecule has 1 amide bonds. The molecule has 1 unspecified atom stereocenters. The molecule has 0 saturated carbocycles. The summed E-state index contributed by atoms with van der Waals surface area (Å²) >= 11 is 5.62. The Morgan fingerprint density at radius 2 is 1.12 bits per heavy atom. The first-order valence-electron chi connectivity index (χ1n) is 17.7. The van der Waals surface area contributed by atoms with Crippen LogP contribution in [0.2, 0.25) is 0 Å². The summed E-state index contributed by atoms with van der Waals surface area (Å²) in [6, 6.07) is 0. The van der Waals surface area contributed by atoms with E-state index in [-0.39, 0.29) is 52.4 Å². The van der Waals surface area contributed by atoms with E-state index in [0.29, 0.717) is 30.4 Å². The highest BCUT2D eigenvalue weighted by Crippen LogP contribution is 2.26.